The SMILES string of the molecule is CC(CNC(=O)Nc1ccccc1F)C(N)=S. The highest BCUT2D eigenvalue weighted by atomic mass is 32.1. The number of rotatable bonds is 4. The fourth-order valence-corrected chi connectivity index (χ4v) is 1.16. The van der Waals surface area contributed by atoms with Crippen molar-refractivity contribution >= 4 is 28.9 Å². The largest absolute Gasteiger partial charge is 0.393 e. The number of halogens is 1. The number of para-hydroxylation sites is 1. The summed E-state index contributed by atoms with van der Waals surface area (Å²) in [5, 5.41) is 4.95. The third kappa shape index (κ3) is 4.36. The zero-order valence-corrected chi connectivity index (χ0v) is 10.2. The molecule has 0 bridgehead atoms. The van der Waals surface area contributed by atoms with Crippen molar-refractivity contribution in [2.24, 2.45) is 11.7 Å². The van der Waals surface area contributed by atoms with Crippen LogP contribution in [0.2, 0.25) is 0 Å². The predicted molar refractivity (Wildman–Crippen MR) is 69.4 cm³/mol. The monoisotopic (exact) mass is 255 g/mol. The molecule has 4 nitrogen and oxygen atoms in total. The first-order valence-corrected chi connectivity index (χ1v) is 5.50. The normalized spacial score (nSPS) is 11.6. The van der Waals surface area contributed by atoms with Gasteiger partial charge in [-0.1, -0.05) is 31.3 Å². The molecule has 1 atom stereocenters. The van der Waals surface area contributed by atoms with Crippen LogP contribution in [0.1, 0.15) is 6.92 Å². The van der Waals surface area contributed by atoms with E-state index in [-0.39, 0.29) is 11.6 Å². The topological polar surface area (TPSA) is 67.2 Å². The first-order chi connectivity index (χ1) is 8.00. The van der Waals surface area contributed by atoms with Gasteiger partial charge in [-0.05, 0) is 12.1 Å². The second-order valence-corrected chi connectivity index (χ2v) is 4.09. The highest BCUT2D eigenvalue weighted by Crippen LogP contribution is 2.11. The number of hydrogen-bond donors (Lipinski definition) is 3. The molecule has 4 N–H and O–H groups in total. The van der Waals surface area contributed by atoms with Gasteiger partial charge in [0, 0.05) is 12.5 Å². The molecule has 0 heterocycles. The summed E-state index contributed by atoms with van der Waals surface area (Å²) in [6, 6.07) is 5.45. The van der Waals surface area contributed by atoms with Crippen LogP contribution in [0.3, 0.4) is 0 Å². The number of carbonyl (C=O) groups excluding carboxylic acids is 1. The third-order valence-electron chi connectivity index (χ3n) is 2.18. The summed E-state index contributed by atoms with van der Waals surface area (Å²) >= 11 is 4.77. The average molecular weight is 255 g/mol. The van der Waals surface area contributed by atoms with Gasteiger partial charge in [0.25, 0.3) is 0 Å². The summed E-state index contributed by atoms with van der Waals surface area (Å²) in [7, 11) is 0. The van der Waals surface area contributed by atoms with Crippen LogP contribution in [0.25, 0.3) is 0 Å². The minimum absolute atomic E-state index is 0.101. The zero-order chi connectivity index (χ0) is 12.8. The molecule has 0 aromatic heterocycles. The van der Waals surface area contributed by atoms with E-state index in [4.69, 9.17) is 18.0 Å². The van der Waals surface area contributed by atoms with Gasteiger partial charge < -0.3 is 16.4 Å². The third-order valence-corrected chi connectivity index (χ3v) is 2.58. The van der Waals surface area contributed by atoms with Crippen LogP contribution in [-0.2, 0) is 0 Å². The minimum atomic E-state index is -0.488. The van der Waals surface area contributed by atoms with Crippen molar-refractivity contribution in [3.63, 3.8) is 0 Å². The van der Waals surface area contributed by atoms with Crippen molar-refractivity contribution in [3.05, 3.63) is 30.1 Å². The molecule has 1 aromatic rings. The van der Waals surface area contributed by atoms with E-state index in [1.165, 1.54) is 12.1 Å². The molecule has 1 aromatic carbocycles. The Balaban J connectivity index is 2.46. The smallest absolute Gasteiger partial charge is 0.319 e. The molecule has 0 spiro atoms. The van der Waals surface area contributed by atoms with E-state index >= 15 is 0 Å². The molecule has 17 heavy (non-hydrogen) atoms. The van der Waals surface area contributed by atoms with Gasteiger partial charge in [-0.15, -0.1) is 0 Å². The van der Waals surface area contributed by atoms with E-state index in [9.17, 15) is 9.18 Å². The lowest BCUT2D eigenvalue weighted by molar-refractivity contribution is 0.251. The van der Waals surface area contributed by atoms with Gasteiger partial charge in [0.1, 0.15) is 5.82 Å². The maximum atomic E-state index is 13.2. The standard InChI is InChI=1S/C11H14FN3OS/c1-7(10(13)17)6-14-11(16)15-9-5-3-2-4-8(9)12/h2-5,7H,6H2,1H3,(H2,13,17)(H2,14,15,16). The summed E-state index contributed by atoms with van der Waals surface area (Å²) in [5.74, 6) is -0.582. The number of urea groups is 1. The lowest BCUT2D eigenvalue weighted by Gasteiger charge is -2.12. The highest BCUT2D eigenvalue weighted by Gasteiger charge is 2.09. The first kappa shape index (κ1) is 13.4. The minimum Gasteiger partial charge on any atom is -0.393 e. The van der Waals surface area contributed by atoms with Crippen LogP contribution in [0.15, 0.2) is 24.3 Å². The van der Waals surface area contributed by atoms with Crippen molar-refractivity contribution in [3.8, 4) is 0 Å². The maximum Gasteiger partial charge on any atom is 0.319 e. The van der Waals surface area contributed by atoms with Crippen molar-refractivity contribution < 1.29 is 9.18 Å². The fourth-order valence-electron chi connectivity index (χ4n) is 1.08. The summed E-state index contributed by atoms with van der Waals surface area (Å²) in [4.78, 5) is 11.7. The quantitative estimate of drug-likeness (QED) is 0.719. The first-order valence-electron chi connectivity index (χ1n) is 5.09. The van der Waals surface area contributed by atoms with Gasteiger partial charge in [-0.3, -0.25) is 0 Å². The molecule has 0 aliphatic carbocycles. The molecule has 2 amide bonds. The second kappa shape index (κ2) is 6.15. The van der Waals surface area contributed by atoms with Gasteiger partial charge in [0.05, 0.1) is 10.7 Å². The molecule has 0 saturated heterocycles. The molecule has 1 unspecified atom stereocenters. The van der Waals surface area contributed by atoms with Crippen LogP contribution in [0.4, 0.5) is 14.9 Å². The van der Waals surface area contributed by atoms with Crippen molar-refractivity contribution in [1.29, 1.82) is 0 Å². The number of benzene rings is 1. The Morgan fingerprint density at radius 2 is 2.18 bits per heavy atom. The Labute approximate surface area is 104 Å². The number of carbonyl (C=O) groups is 1. The van der Waals surface area contributed by atoms with Crippen molar-refractivity contribution in [2.45, 2.75) is 6.92 Å². The molecule has 1 rings (SSSR count). The van der Waals surface area contributed by atoms with Crippen molar-refractivity contribution in [1.82, 2.24) is 5.32 Å². The van der Waals surface area contributed by atoms with E-state index in [0.717, 1.165) is 0 Å². The number of nitrogens with one attached hydrogen (secondary N) is 2. The molecule has 92 valence electrons. The van der Waals surface area contributed by atoms with Crippen LogP contribution >= 0.6 is 12.2 Å². The lowest BCUT2D eigenvalue weighted by atomic mass is 10.2. The summed E-state index contributed by atoms with van der Waals surface area (Å²) in [6.45, 7) is 2.11. The molecule has 6 heteroatoms. The molecule has 0 aliphatic heterocycles. The van der Waals surface area contributed by atoms with E-state index < -0.39 is 11.8 Å². The lowest BCUT2D eigenvalue weighted by Crippen LogP contribution is -2.36. The Morgan fingerprint density at radius 3 is 2.76 bits per heavy atom. The highest BCUT2D eigenvalue weighted by molar-refractivity contribution is 7.80. The Hall–Kier alpha value is -1.69. The molecular formula is C11H14FN3OS. The van der Waals surface area contributed by atoms with Gasteiger partial charge in [0.2, 0.25) is 0 Å². The summed E-state index contributed by atoms with van der Waals surface area (Å²) in [6.07, 6.45) is 0. The Morgan fingerprint density at radius 1 is 1.53 bits per heavy atom. The van der Waals surface area contributed by atoms with Gasteiger partial charge in [-0.25, -0.2) is 9.18 Å². The van der Waals surface area contributed by atoms with E-state index in [0.29, 0.717) is 11.5 Å². The molecule has 0 radical (unpaired) electrons. The summed E-state index contributed by atoms with van der Waals surface area (Å²) < 4.78 is 13.2. The van der Waals surface area contributed by atoms with E-state index in [1.54, 1.807) is 19.1 Å². The number of thiocarbonyl (C=S) groups is 1. The number of hydrogen-bond acceptors (Lipinski definition) is 2. The van der Waals surface area contributed by atoms with Crippen LogP contribution in [-0.4, -0.2) is 17.6 Å². The van der Waals surface area contributed by atoms with Gasteiger partial charge in [-0.2, -0.15) is 0 Å². The zero-order valence-electron chi connectivity index (χ0n) is 9.37. The average Bonchev–Trinajstić information content (AvgIpc) is 2.29. The van der Waals surface area contributed by atoms with Gasteiger partial charge >= 0.3 is 6.03 Å². The maximum absolute atomic E-state index is 13.2. The molecule has 0 saturated carbocycles. The van der Waals surface area contributed by atoms with E-state index in [1.807, 2.05) is 0 Å². The van der Waals surface area contributed by atoms with Crippen LogP contribution in [0.5, 0.6) is 0 Å². The van der Waals surface area contributed by atoms with E-state index in [2.05, 4.69) is 10.6 Å². The predicted octanol–water partition coefficient (Wildman–Crippen LogP) is 1.87. The number of amides is 2. The molecule has 0 aliphatic rings. The molecule has 0 fully saturated rings. The number of anilines is 1. The van der Waals surface area contributed by atoms with Gasteiger partial charge in [0.15, 0.2) is 0 Å². The van der Waals surface area contributed by atoms with Crippen LogP contribution < -0.4 is 16.4 Å². The fraction of sp³-hybridized carbons (Fsp3) is 0.273. The second-order valence-electron chi connectivity index (χ2n) is 3.62. The number of nitrogens with two attached hydrogens (primary N) is 1. The Kier molecular flexibility index (Phi) is 4.84. The van der Waals surface area contributed by atoms with Crippen molar-refractivity contribution in [2.75, 3.05) is 11.9 Å². The molecular weight excluding hydrogens is 241 g/mol. The Bertz CT molecular complexity index is 425. The summed E-state index contributed by atoms with van der Waals surface area (Å²) in [5.41, 5.74) is 5.53. The van der Waals surface area contributed by atoms with Crippen LogP contribution in [0, 0.1) is 11.7 Å².